The molecule has 0 fully saturated rings. The number of nitrogens with two attached hydrogens (primary N) is 2. The number of carbonyl (C=O) groups is 1. The summed E-state index contributed by atoms with van der Waals surface area (Å²) >= 11 is -2.11. The van der Waals surface area contributed by atoms with Crippen LogP contribution in [0.4, 0.5) is 0 Å². The van der Waals surface area contributed by atoms with Crippen LogP contribution in [0.2, 0.25) is 0 Å². The molecule has 0 aliphatic heterocycles. The van der Waals surface area contributed by atoms with E-state index >= 15 is 0 Å². The molecule has 0 aliphatic rings. The van der Waals surface area contributed by atoms with Crippen LogP contribution in [0, 0.1) is 5.92 Å². The summed E-state index contributed by atoms with van der Waals surface area (Å²) in [7, 11) is 0. The molecule has 7 heteroatoms. The average molecular weight is 196 g/mol. The Balaban J connectivity index is 3.80. The van der Waals surface area contributed by atoms with Gasteiger partial charge in [0.05, 0.1) is 0 Å². The Morgan fingerprint density at radius 2 is 2.00 bits per heavy atom. The van der Waals surface area contributed by atoms with Crippen LogP contribution < -0.4 is 10.9 Å². The van der Waals surface area contributed by atoms with Crippen LogP contribution in [0.5, 0.6) is 0 Å². The predicted molar refractivity (Wildman–Crippen MR) is 42.3 cm³/mol. The first-order chi connectivity index (χ1) is 5.45. The fourth-order valence-electron chi connectivity index (χ4n) is 0.395. The van der Waals surface area contributed by atoms with Gasteiger partial charge in [0.25, 0.3) is 11.3 Å². The molecule has 2 atom stereocenters. The monoisotopic (exact) mass is 196 g/mol. The highest BCUT2D eigenvalue weighted by atomic mass is 32.2. The van der Waals surface area contributed by atoms with Gasteiger partial charge in [-0.2, -0.15) is 0 Å². The van der Waals surface area contributed by atoms with Gasteiger partial charge in [-0.1, -0.05) is 18.2 Å². The van der Waals surface area contributed by atoms with Crippen LogP contribution >= 0.6 is 0 Å². The van der Waals surface area contributed by atoms with Crippen molar-refractivity contribution in [2.75, 3.05) is 0 Å². The molecule has 0 saturated heterocycles. The summed E-state index contributed by atoms with van der Waals surface area (Å²) in [5.41, 5.74) is 5.35. The summed E-state index contributed by atoms with van der Waals surface area (Å²) in [5.74, 6) is -0.865. The molecule has 2 unspecified atom stereocenters. The van der Waals surface area contributed by atoms with Crippen molar-refractivity contribution < 1.29 is 18.2 Å². The summed E-state index contributed by atoms with van der Waals surface area (Å²) in [4.78, 5) is 14.9. The van der Waals surface area contributed by atoms with Crippen molar-refractivity contribution in [3.8, 4) is 0 Å². The highest BCUT2D eigenvalue weighted by molar-refractivity contribution is 7.77. The maximum Gasteiger partial charge on any atom is 0.360 e. The molecule has 0 spiro atoms. The van der Waals surface area contributed by atoms with Crippen LogP contribution in [0.1, 0.15) is 13.8 Å². The first-order valence-electron chi connectivity index (χ1n) is 3.25. The van der Waals surface area contributed by atoms with E-state index in [0.29, 0.717) is 0 Å². The quantitative estimate of drug-likeness (QED) is 0.442. The molecule has 0 amide bonds. The molecule has 0 bridgehead atoms. The standard InChI is InChI=1S/C5H12N2O4S/c1-3(2)4(6)5(8)10-11-12(7)9/h3-4H,6-7H2,1-2H3. The van der Waals surface area contributed by atoms with Crippen molar-refractivity contribution in [3.05, 3.63) is 0 Å². The third-order valence-corrected chi connectivity index (χ3v) is 1.38. The van der Waals surface area contributed by atoms with E-state index in [2.05, 4.69) is 14.4 Å². The van der Waals surface area contributed by atoms with E-state index in [0.717, 1.165) is 0 Å². The molecular weight excluding hydrogens is 184 g/mol. The van der Waals surface area contributed by atoms with E-state index in [1.807, 2.05) is 0 Å². The smallest absolute Gasteiger partial charge is 0.318 e. The van der Waals surface area contributed by atoms with Gasteiger partial charge in [0, 0.05) is 0 Å². The normalized spacial score (nSPS) is 15.8. The second-order valence-electron chi connectivity index (χ2n) is 2.50. The summed E-state index contributed by atoms with van der Waals surface area (Å²) < 4.78 is 14.0. The fourth-order valence-corrected chi connectivity index (χ4v) is 0.529. The van der Waals surface area contributed by atoms with Crippen molar-refractivity contribution in [2.45, 2.75) is 19.9 Å². The molecule has 0 saturated carbocycles. The van der Waals surface area contributed by atoms with E-state index in [1.165, 1.54) is 0 Å². The van der Waals surface area contributed by atoms with Crippen LogP contribution in [0.25, 0.3) is 0 Å². The second-order valence-corrected chi connectivity index (χ2v) is 3.16. The van der Waals surface area contributed by atoms with E-state index in [9.17, 15) is 9.00 Å². The molecule has 0 radical (unpaired) electrons. The molecule has 72 valence electrons. The largest absolute Gasteiger partial charge is 0.360 e. The molecule has 0 aromatic rings. The van der Waals surface area contributed by atoms with Gasteiger partial charge in [-0.25, -0.2) is 14.1 Å². The number of rotatable bonds is 4. The lowest BCUT2D eigenvalue weighted by Gasteiger charge is -2.11. The first-order valence-corrected chi connectivity index (χ1v) is 4.39. The second kappa shape index (κ2) is 5.20. The molecule has 0 aliphatic carbocycles. The predicted octanol–water partition coefficient (Wildman–Crippen LogP) is -1.02. The molecular formula is C5H12N2O4S. The van der Waals surface area contributed by atoms with Gasteiger partial charge < -0.3 is 5.73 Å². The summed E-state index contributed by atoms with van der Waals surface area (Å²) in [6.07, 6.45) is 0. The lowest BCUT2D eigenvalue weighted by atomic mass is 10.1. The minimum absolute atomic E-state index is 0.0766. The molecule has 0 heterocycles. The topological polar surface area (TPSA) is 105 Å². The molecule has 0 rings (SSSR count). The van der Waals surface area contributed by atoms with E-state index in [-0.39, 0.29) is 5.92 Å². The van der Waals surface area contributed by atoms with Gasteiger partial charge in [-0.05, 0) is 5.92 Å². The van der Waals surface area contributed by atoms with Crippen LogP contribution in [0.3, 0.4) is 0 Å². The van der Waals surface area contributed by atoms with Crippen molar-refractivity contribution in [2.24, 2.45) is 16.8 Å². The summed E-state index contributed by atoms with van der Waals surface area (Å²) in [5, 5.41) is 4.65. The highest BCUT2D eigenvalue weighted by Crippen LogP contribution is 2.00. The summed E-state index contributed by atoms with van der Waals surface area (Å²) in [6, 6.07) is -0.798. The molecule has 6 nitrogen and oxygen atoms in total. The minimum atomic E-state index is -2.11. The number of carbonyl (C=O) groups excluding carboxylic acids is 1. The van der Waals surface area contributed by atoms with Gasteiger partial charge in [0.1, 0.15) is 6.04 Å². The zero-order valence-electron chi connectivity index (χ0n) is 6.85. The molecule has 4 N–H and O–H groups in total. The molecule has 0 aromatic carbocycles. The Kier molecular flexibility index (Phi) is 4.98. The van der Waals surface area contributed by atoms with E-state index in [4.69, 9.17) is 5.73 Å². The third kappa shape index (κ3) is 4.39. The Morgan fingerprint density at radius 3 is 2.33 bits per heavy atom. The average Bonchev–Trinajstić information content (AvgIpc) is 1.98. The van der Waals surface area contributed by atoms with Crippen molar-refractivity contribution in [3.63, 3.8) is 0 Å². The maximum atomic E-state index is 10.8. The SMILES string of the molecule is CC(C)C(N)C(=O)OOS(N)=O. The Hall–Kier alpha value is -0.500. The van der Waals surface area contributed by atoms with E-state index in [1.54, 1.807) is 13.8 Å². The Bertz CT molecular complexity index is 184. The van der Waals surface area contributed by atoms with Gasteiger partial charge in [0.15, 0.2) is 0 Å². The van der Waals surface area contributed by atoms with Crippen molar-refractivity contribution in [1.82, 2.24) is 0 Å². The summed E-state index contributed by atoms with van der Waals surface area (Å²) in [6.45, 7) is 3.48. The van der Waals surface area contributed by atoms with Gasteiger partial charge in [-0.15, -0.1) is 0 Å². The van der Waals surface area contributed by atoms with Crippen LogP contribution in [-0.2, 0) is 25.3 Å². The van der Waals surface area contributed by atoms with Crippen molar-refractivity contribution in [1.29, 1.82) is 0 Å². The number of hydrogen-bond donors (Lipinski definition) is 2. The van der Waals surface area contributed by atoms with E-state index < -0.39 is 23.3 Å². The van der Waals surface area contributed by atoms with Crippen LogP contribution in [0.15, 0.2) is 0 Å². The molecule has 12 heavy (non-hydrogen) atoms. The lowest BCUT2D eigenvalue weighted by Crippen LogP contribution is -2.37. The highest BCUT2D eigenvalue weighted by Gasteiger charge is 2.20. The van der Waals surface area contributed by atoms with Gasteiger partial charge in [0.2, 0.25) is 0 Å². The zero-order chi connectivity index (χ0) is 9.72. The lowest BCUT2D eigenvalue weighted by molar-refractivity contribution is -0.211. The van der Waals surface area contributed by atoms with Crippen molar-refractivity contribution >= 4 is 17.2 Å². The maximum absolute atomic E-state index is 10.8. The Labute approximate surface area is 72.9 Å². The Morgan fingerprint density at radius 1 is 1.50 bits per heavy atom. The third-order valence-electron chi connectivity index (χ3n) is 1.17. The zero-order valence-corrected chi connectivity index (χ0v) is 7.67. The minimum Gasteiger partial charge on any atom is -0.318 e. The van der Waals surface area contributed by atoms with Gasteiger partial charge in [-0.3, -0.25) is 4.89 Å². The number of hydrogen-bond acceptors (Lipinski definition) is 5. The first kappa shape index (κ1) is 11.5. The molecule has 0 aromatic heterocycles. The fraction of sp³-hybridized carbons (Fsp3) is 0.800. The van der Waals surface area contributed by atoms with Gasteiger partial charge >= 0.3 is 5.97 Å². The van der Waals surface area contributed by atoms with Crippen LogP contribution in [-0.4, -0.2) is 16.2 Å².